The maximum Gasteiger partial charge on any atom is 0.410 e. The van der Waals surface area contributed by atoms with Gasteiger partial charge in [-0.05, 0) is 69.8 Å². The lowest BCUT2D eigenvalue weighted by Crippen LogP contribution is -2.33. The van der Waals surface area contributed by atoms with E-state index in [1.807, 2.05) is 59.0 Å². The predicted octanol–water partition coefficient (Wildman–Crippen LogP) is 6.35. The van der Waals surface area contributed by atoms with Crippen LogP contribution in [0.2, 0.25) is 10.4 Å². The molecule has 2 aromatic heterocycles. The average molecular weight is 547 g/mol. The van der Waals surface area contributed by atoms with E-state index in [9.17, 15) is 4.79 Å². The van der Waals surface area contributed by atoms with Gasteiger partial charge in [0.05, 0.1) is 17.5 Å². The third-order valence-corrected chi connectivity index (χ3v) is 7.25. The molecule has 0 spiro atoms. The van der Waals surface area contributed by atoms with Crippen molar-refractivity contribution in [1.82, 2.24) is 19.4 Å². The van der Waals surface area contributed by atoms with Crippen LogP contribution in [0.4, 0.5) is 4.79 Å². The van der Waals surface area contributed by atoms with Crippen LogP contribution in [0.3, 0.4) is 0 Å². The van der Waals surface area contributed by atoms with Crippen molar-refractivity contribution in [1.29, 1.82) is 0 Å². The standard InChI is InChI=1S/C27H32Cl2N4O4/c1-26(2,3)37-25(34)32(6)14-15-8-7-9-16(12-15)18-13-19(21-20(18)35-27(4,5)36-21)33-11-10-17-22(28)30-24(29)31-23(17)33/h7-12,18-21H,13-14H2,1-6H3/t18-,19-,20-,21+/m1/s1. The topological polar surface area (TPSA) is 78.7 Å². The number of hydrogen-bond acceptors (Lipinski definition) is 6. The first kappa shape index (κ1) is 26.2. The van der Waals surface area contributed by atoms with Crippen molar-refractivity contribution >= 4 is 40.3 Å². The molecule has 198 valence electrons. The Balaban J connectivity index is 1.44. The van der Waals surface area contributed by atoms with Gasteiger partial charge in [0.15, 0.2) is 5.79 Å². The van der Waals surface area contributed by atoms with Gasteiger partial charge in [-0.25, -0.2) is 9.78 Å². The molecule has 0 radical (unpaired) electrons. The Morgan fingerprint density at radius 2 is 1.92 bits per heavy atom. The van der Waals surface area contributed by atoms with Crippen molar-refractivity contribution in [2.75, 3.05) is 7.05 Å². The van der Waals surface area contributed by atoms with Crippen molar-refractivity contribution in [3.05, 3.63) is 58.1 Å². The van der Waals surface area contributed by atoms with Gasteiger partial charge in [-0.1, -0.05) is 35.9 Å². The van der Waals surface area contributed by atoms with Gasteiger partial charge in [0, 0.05) is 25.7 Å². The first-order chi connectivity index (χ1) is 17.3. The lowest BCUT2D eigenvalue weighted by molar-refractivity contribution is -0.157. The summed E-state index contributed by atoms with van der Waals surface area (Å²) in [5.41, 5.74) is 2.28. The molecule has 5 rings (SSSR count). The minimum absolute atomic E-state index is 0.0376. The molecule has 1 saturated heterocycles. The molecule has 37 heavy (non-hydrogen) atoms. The number of halogens is 2. The summed E-state index contributed by atoms with van der Waals surface area (Å²) in [5, 5.41) is 1.18. The van der Waals surface area contributed by atoms with Crippen molar-refractivity contribution in [2.45, 2.75) is 83.1 Å². The highest BCUT2D eigenvalue weighted by Gasteiger charge is 2.55. The van der Waals surface area contributed by atoms with Crippen molar-refractivity contribution in [2.24, 2.45) is 0 Å². The second kappa shape index (κ2) is 9.42. The first-order valence-electron chi connectivity index (χ1n) is 12.4. The molecule has 1 aromatic carbocycles. The molecule has 1 amide bonds. The molecule has 1 saturated carbocycles. The molecule has 1 aliphatic carbocycles. The predicted molar refractivity (Wildman–Crippen MR) is 142 cm³/mol. The van der Waals surface area contributed by atoms with E-state index >= 15 is 0 Å². The number of amides is 1. The van der Waals surface area contributed by atoms with Gasteiger partial charge >= 0.3 is 6.09 Å². The lowest BCUT2D eigenvalue weighted by Gasteiger charge is -2.26. The van der Waals surface area contributed by atoms with Crippen LogP contribution in [-0.4, -0.2) is 56.2 Å². The highest BCUT2D eigenvalue weighted by atomic mass is 35.5. The number of rotatable bonds is 4. The van der Waals surface area contributed by atoms with Gasteiger partial charge < -0.3 is 23.7 Å². The Labute approximate surface area is 226 Å². The zero-order valence-corrected chi connectivity index (χ0v) is 23.4. The number of nitrogens with zero attached hydrogens (tertiary/aromatic N) is 4. The minimum Gasteiger partial charge on any atom is -0.444 e. The quantitative estimate of drug-likeness (QED) is 0.280. The van der Waals surface area contributed by atoms with Crippen LogP contribution < -0.4 is 0 Å². The largest absolute Gasteiger partial charge is 0.444 e. The molecule has 10 heteroatoms. The third-order valence-electron chi connectivity index (χ3n) is 6.79. The molecule has 0 bridgehead atoms. The zero-order valence-electron chi connectivity index (χ0n) is 21.9. The Hall–Kier alpha value is -2.39. The van der Waals surface area contributed by atoms with Crippen molar-refractivity contribution < 1.29 is 19.0 Å². The van der Waals surface area contributed by atoms with E-state index in [1.54, 1.807) is 11.9 Å². The van der Waals surface area contributed by atoms with Crippen LogP contribution >= 0.6 is 23.2 Å². The van der Waals surface area contributed by atoms with Gasteiger partial charge in [-0.15, -0.1) is 0 Å². The van der Waals surface area contributed by atoms with Gasteiger partial charge in [-0.2, -0.15) is 4.98 Å². The highest BCUT2D eigenvalue weighted by molar-refractivity contribution is 6.35. The molecule has 2 aliphatic rings. The molecule has 1 aliphatic heterocycles. The molecule has 3 aromatic rings. The Morgan fingerprint density at radius 3 is 2.65 bits per heavy atom. The van der Waals surface area contributed by atoms with Gasteiger partial charge in [0.25, 0.3) is 0 Å². The summed E-state index contributed by atoms with van der Waals surface area (Å²) in [6.45, 7) is 9.90. The van der Waals surface area contributed by atoms with Gasteiger partial charge in [-0.3, -0.25) is 0 Å². The van der Waals surface area contributed by atoms with Crippen molar-refractivity contribution in [3.63, 3.8) is 0 Å². The van der Waals surface area contributed by atoms with Gasteiger partial charge in [0.2, 0.25) is 5.28 Å². The number of benzene rings is 1. The third kappa shape index (κ3) is 5.30. The fraction of sp³-hybridized carbons (Fsp3) is 0.519. The van der Waals surface area contributed by atoms with Gasteiger partial charge in [0.1, 0.15) is 22.5 Å². The number of carbonyl (C=O) groups is 1. The molecule has 0 N–H and O–H groups in total. The van der Waals surface area contributed by atoms with Crippen LogP contribution in [0, 0.1) is 0 Å². The summed E-state index contributed by atoms with van der Waals surface area (Å²) < 4.78 is 20.4. The van der Waals surface area contributed by atoms with E-state index in [0.717, 1.165) is 22.9 Å². The fourth-order valence-electron chi connectivity index (χ4n) is 5.39. The first-order valence-corrected chi connectivity index (χ1v) is 13.1. The fourth-order valence-corrected chi connectivity index (χ4v) is 5.83. The van der Waals surface area contributed by atoms with Crippen LogP contribution in [0.1, 0.15) is 64.1 Å². The van der Waals surface area contributed by atoms with Crippen LogP contribution in [0.5, 0.6) is 0 Å². The summed E-state index contributed by atoms with van der Waals surface area (Å²) in [6, 6.07) is 10.2. The molecule has 8 nitrogen and oxygen atoms in total. The van der Waals surface area contributed by atoms with E-state index < -0.39 is 11.4 Å². The number of fused-ring (bicyclic) bond motifs is 2. The highest BCUT2D eigenvalue weighted by Crippen LogP contribution is 2.51. The smallest absolute Gasteiger partial charge is 0.410 e. The summed E-state index contributed by atoms with van der Waals surface area (Å²) >= 11 is 12.5. The Morgan fingerprint density at radius 1 is 1.19 bits per heavy atom. The van der Waals surface area contributed by atoms with E-state index in [2.05, 4.69) is 26.7 Å². The minimum atomic E-state index is -0.714. The molecular weight excluding hydrogens is 515 g/mol. The van der Waals surface area contributed by atoms with Crippen LogP contribution in [0.15, 0.2) is 36.5 Å². The molecule has 2 fully saturated rings. The number of carbonyl (C=O) groups excluding carboxylic acids is 1. The summed E-state index contributed by atoms with van der Waals surface area (Å²) in [7, 11) is 1.74. The zero-order chi connectivity index (χ0) is 26.7. The van der Waals surface area contributed by atoms with E-state index in [-0.39, 0.29) is 35.5 Å². The Bertz CT molecular complexity index is 1340. The Kier molecular flexibility index (Phi) is 6.67. The maximum atomic E-state index is 12.5. The summed E-state index contributed by atoms with van der Waals surface area (Å²) in [4.78, 5) is 22.6. The number of hydrogen-bond donors (Lipinski definition) is 0. The maximum absolute atomic E-state index is 12.5. The summed E-state index contributed by atoms with van der Waals surface area (Å²) in [6.07, 6.45) is 2.05. The molecule has 3 heterocycles. The monoisotopic (exact) mass is 546 g/mol. The van der Waals surface area contributed by atoms with Crippen molar-refractivity contribution in [3.8, 4) is 0 Å². The second-order valence-corrected chi connectivity index (χ2v) is 12.0. The number of ether oxygens (including phenoxy) is 3. The molecule has 0 unspecified atom stereocenters. The van der Waals surface area contributed by atoms with Crippen LogP contribution in [-0.2, 0) is 20.8 Å². The van der Waals surface area contributed by atoms with Crippen LogP contribution in [0.25, 0.3) is 11.0 Å². The molecular formula is C27H32Cl2N4O4. The normalized spacial score (nSPS) is 24.9. The second-order valence-electron chi connectivity index (χ2n) is 11.3. The number of aromatic nitrogens is 3. The van der Waals surface area contributed by atoms with E-state index in [4.69, 9.17) is 37.4 Å². The summed E-state index contributed by atoms with van der Waals surface area (Å²) in [5.74, 6) is -0.637. The van der Waals surface area contributed by atoms with E-state index in [1.165, 1.54) is 0 Å². The lowest BCUT2D eigenvalue weighted by atomic mass is 9.93. The average Bonchev–Trinajstić information content (AvgIpc) is 3.43. The SMILES string of the molecule is CN(Cc1cccc([C@H]2C[C@@H](n3ccc4c(Cl)nc(Cl)nc43)[C@@H]3OC(C)(C)O[C@@H]32)c1)C(=O)OC(C)(C)C. The van der Waals surface area contributed by atoms with E-state index in [0.29, 0.717) is 17.3 Å². The molecule has 4 atom stereocenters.